The highest BCUT2D eigenvalue weighted by Gasteiger charge is 2.77. The first-order chi connectivity index (χ1) is 16.3. The molecule has 1 spiro atoms. The molecule has 3 aliphatic rings. The van der Waals surface area contributed by atoms with E-state index in [-0.39, 0.29) is 38.2 Å². The number of aliphatic carboxylic acids is 1. The van der Waals surface area contributed by atoms with E-state index in [1.807, 2.05) is 31.2 Å². The zero-order valence-corrected chi connectivity index (χ0v) is 19.6. The number of carboxylic acids is 1. The summed E-state index contributed by atoms with van der Waals surface area (Å²) >= 11 is 1.47. The zero-order chi connectivity index (χ0) is 24.3. The standard InChI is InChI=1S/C23H27N5O5S/c1-3-10-26(13-28-15-7-5-4-6-14(15)24-25-28)20(31)18-23-9-8-22(2,34-23)17(21(32)33)16(23)19(30)27(18)11-12-29/h3-7,16-18,29H,1,8-13H2,2H3,(H,32,33)/t16-,17+,18?,22-,23?/m0/s1. The van der Waals surface area contributed by atoms with Gasteiger partial charge in [-0.15, -0.1) is 23.4 Å². The minimum Gasteiger partial charge on any atom is -0.481 e. The first-order valence-electron chi connectivity index (χ1n) is 11.3. The summed E-state index contributed by atoms with van der Waals surface area (Å²) in [4.78, 5) is 42.8. The Labute approximate surface area is 200 Å². The number of β-amino-alcohol motifs (C(OH)–C–C–N with tert-alkyl or cyclic N) is 1. The third kappa shape index (κ3) is 3.09. The number of para-hydroxylation sites is 1. The van der Waals surface area contributed by atoms with Gasteiger partial charge in [-0.2, -0.15) is 0 Å². The molecule has 180 valence electrons. The van der Waals surface area contributed by atoms with Gasteiger partial charge in [0.15, 0.2) is 0 Å². The largest absolute Gasteiger partial charge is 0.481 e. The Bertz CT molecular complexity index is 1190. The lowest BCUT2D eigenvalue weighted by atomic mass is 9.66. The molecule has 3 aliphatic heterocycles. The maximum absolute atomic E-state index is 14.1. The van der Waals surface area contributed by atoms with Crippen LogP contribution in [0.25, 0.3) is 11.0 Å². The fourth-order valence-corrected chi connectivity index (χ4v) is 8.50. The lowest BCUT2D eigenvalue weighted by Gasteiger charge is -2.37. The van der Waals surface area contributed by atoms with Crippen LogP contribution in [0.1, 0.15) is 19.8 Å². The van der Waals surface area contributed by atoms with Crippen LogP contribution in [0.4, 0.5) is 0 Å². The number of fused-ring (bicyclic) bond motifs is 2. The van der Waals surface area contributed by atoms with Gasteiger partial charge in [0.25, 0.3) is 0 Å². The lowest BCUT2D eigenvalue weighted by molar-refractivity contribution is -0.150. The van der Waals surface area contributed by atoms with Gasteiger partial charge in [0.2, 0.25) is 11.8 Å². The smallest absolute Gasteiger partial charge is 0.308 e. The average molecular weight is 486 g/mol. The Morgan fingerprint density at radius 3 is 2.82 bits per heavy atom. The Hall–Kier alpha value is -2.92. The number of aliphatic hydroxyl groups excluding tert-OH is 1. The van der Waals surface area contributed by atoms with Crippen LogP contribution < -0.4 is 0 Å². The zero-order valence-electron chi connectivity index (χ0n) is 18.8. The molecule has 2 aromatic rings. The van der Waals surface area contributed by atoms with E-state index in [0.29, 0.717) is 18.4 Å². The quantitative estimate of drug-likeness (QED) is 0.529. The summed E-state index contributed by atoms with van der Waals surface area (Å²) in [7, 11) is 0. The van der Waals surface area contributed by atoms with E-state index >= 15 is 0 Å². The topological polar surface area (TPSA) is 129 Å². The molecule has 5 rings (SSSR count). The van der Waals surface area contributed by atoms with Crippen LogP contribution in [-0.2, 0) is 21.1 Å². The van der Waals surface area contributed by atoms with Crippen molar-refractivity contribution in [3.63, 3.8) is 0 Å². The highest BCUT2D eigenvalue weighted by Crippen LogP contribution is 2.71. The molecule has 5 atom stereocenters. The van der Waals surface area contributed by atoms with Gasteiger partial charge < -0.3 is 20.0 Å². The predicted octanol–water partition coefficient (Wildman–Crippen LogP) is 0.962. The number of hydrogen-bond donors (Lipinski definition) is 2. The summed E-state index contributed by atoms with van der Waals surface area (Å²) < 4.78 is 0.173. The van der Waals surface area contributed by atoms with Crippen molar-refractivity contribution in [1.29, 1.82) is 0 Å². The van der Waals surface area contributed by atoms with Gasteiger partial charge in [0.05, 0.1) is 28.7 Å². The van der Waals surface area contributed by atoms with Gasteiger partial charge in [-0.25, -0.2) is 4.68 Å². The predicted molar refractivity (Wildman–Crippen MR) is 125 cm³/mol. The number of hydrogen-bond acceptors (Lipinski definition) is 7. The molecule has 1 aromatic heterocycles. The SMILES string of the molecule is C=CCN(Cn1nnc2ccccc21)C(=O)C1N(CCO)C(=O)[C@@H]2[C@H](C(=O)O)[C@]3(C)CCC12S3. The molecule has 1 aromatic carbocycles. The molecule has 0 aliphatic carbocycles. The molecule has 0 saturated carbocycles. The Kier molecular flexibility index (Phi) is 5.44. The van der Waals surface area contributed by atoms with Crippen molar-refractivity contribution in [1.82, 2.24) is 24.8 Å². The van der Waals surface area contributed by atoms with Crippen LogP contribution in [0, 0.1) is 11.8 Å². The van der Waals surface area contributed by atoms with Crippen LogP contribution >= 0.6 is 11.8 Å². The van der Waals surface area contributed by atoms with E-state index < -0.39 is 33.3 Å². The summed E-state index contributed by atoms with van der Waals surface area (Å²) in [5.41, 5.74) is 1.47. The van der Waals surface area contributed by atoms with Crippen molar-refractivity contribution in [3.8, 4) is 0 Å². The highest BCUT2D eigenvalue weighted by molar-refractivity contribution is 8.02. The molecule has 0 radical (unpaired) electrons. The average Bonchev–Trinajstić information content (AvgIpc) is 3.50. The summed E-state index contributed by atoms with van der Waals surface area (Å²) in [5, 5.41) is 28.0. The van der Waals surface area contributed by atoms with Crippen molar-refractivity contribution in [2.24, 2.45) is 11.8 Å². The van der Waals surface area contributed by atoms with Crippen molar-refractivity contribution in [2.45, 2.75) is 42.0 Å². The molecule has 11 heteroatoms. The van der Waals surface area contributed by atoms with Gasteiger partial charge in [-0.3, -0.25) is 14.4 Å². The van der Waals surface area contributed by atoms with Gasteiger partial charge in [-0.1, -0.05) is 23.4 Å². The van der Waals surface area contributed by atoms with Crippen LogP contribution in [0.2, 0.25) is 0 Å². The van der Waals surface area contributed by atoms with Crippen LogP contribution in [0.15, 0.2) is 36.9 Å². The van der Waals surface area contributed by atoms with E-state index in [2.05, 4.69) is 16.9 Å². The van der Waals surface area contributed by atoms with Crippen LogP contribution in [0.3, 0.4) is 0 Å². The summed E-state index contributed by atoms with van der Waals surface area (Å²) in [6, 6.07) is 6.55. The second-order valence-corrected chi connectivity index (χ2v) is 11.3. The molecule has 3 fully saturated rings. The first kappa shape index (κ1) is 22.9. The molecule has 2 N–H and O–H groups in total. The van der Waals surface area contributed by atoms with Gasteiger partial charge in [0.1, 0.15) is 18.2 Å². The molecular weight excluding hydrogens is 458 g/mol. The number of benzene rings is 1. The minimum absolute atomic E-state index is 0.0225. The van der Waals surface area contributed by atoms with Crippen molar-refractivity contribution in [2.75, 3.05) is 19.7 Å². The molecule has 10 nitrogen and oxygen atoms in total. The third-order valence-corrected chi connectivity index (χ3v) is 9.49. The molecule has 3 saturated heterocycles. The maximum atomic E-state index is 14.1. The molecule has 2 unspecified atom stereocenters. The Morgan fingerprint density at radius 2 is 2.12 bits per heavy atom. The maximum Gasteiger partial charge on any atom is 0.308 e. The number of amides is 2. The van der Waals surface area contributed by atoms with Crippen molar-refractivity contribution >= 4 is 40.6 Å². The molecule has 4 heterocycles. The number of aromatic nitrogens is 3. The molecular formula is C23H27N5O5S. The Morgan fingerprint density at radius 1 is 1.35 bits per heavy atom. The first-order valence-corrected chi connectivity index (χ1v) is 12.1. The minimum atomic E-state index is -1.01. The molecule has 2 bridgehead atoms. The highest BCUT2D eigenvalue weighted by atomic mass is 32.2. The summed E-state index contributed by atoms with van der Waals surface area (Å²) in [5.74, 6) is -3.34. The number of likely N-dealkylation sites (tertiary alicyclic amines) is 1. The molecule has 2 amide bonds. The fraction of sp³-hybridized carbons (Fsp3) is 0.522. The number of aliphatic hydroxyl groups is 1. The number of carbonyl (C=O) groups excluding carboxylic acids is 2. The number of rotatable bonds is 8. The second-order valence-electron chi connectivity index (χ2n) is 9.39. The van der Waals surface area contributed by atoms with E-state index in [9.17, 15) is 24.6 Å². The number of nitrogens with zero attached hydrogens (tertiary/aromatic N) is 5. The Balaban J connectivity index is 1.54. The lowest BCUT2D eigenvalue weighted by Crippen LogP contribution is -2.55. The van der Waals surface area contributed by atoms with E-state index in [0.717, 1.165) is 5.52 Å². The third-order valence-electron chi connectivity index (χ3n) is 7.50. The van der Waals surface area contributed by atoms with E-state index in [1.54, 1.807) is 15.7 Å². The normalized spacial score (nSPS) is 31.8. The van der Waals surface area contributed by atoms with Gasteiger partial charge >= 0.3 is 5.97 Å². The summed E-state index contributed by atoms with van der Waals surface area (Å²) in [6.07, 6.45) is 2.80. The van der Waals surface area contributed by atoms with Crippen LogP contribution in [-0.4, -0.2) is 88.0 Å². The number of carbonyl (C=O) groups is 3. The number of thioether (sulfide) groups is 1. The summed E-state index contributed by atoms with van der Waals surface area (Å²) in [6.45, 7) is 5.66. The van der Waals surface area contributed by atoms with Crippen molar-refractivity contribution in [3.05, 3.63) is 36.9 Å². The molecule has 34 heavy (non-hydrogen) atoms. The second kappa shape index (κ2) is 8.09. The van der Waals surface area contributed by atoms with E-state index in [4.69, 9.17) is 0 Å². The van der Waals surface area contributed by atoms with Gasteiger partial charge in [-0.05, 0) is 31.9 Å². The van der Waals surface area contributed by atoms with Crippen LogP contribution in [0.5, 0.6) is 0 Å². The monoisotopic (exact) mass is 485 g/mol. The van der Waals surface area contributed by atoms with Crippen molar-refractivity contribution < 1.29 is 24.6 Å². The fourth-order valence-electron chi connectivity index (χ4n) is 6.16. The van der Waals surface area contributed by atoms with E-state index in [1.165, 1.54) is 16.7 Å². The number of carboxylic acid groups (broad SMARTS) is 1. The van der Waals surface area contributed by atoms with Gasteiger partial charge in [0, 0.05) is 17.8 Å².